The Balaban J connectivity index is 1.14. The molecule has 1 saturated heterocycles. The predicted molar refractivity (Wildman–Crippen MR) is 165 cm³/mol. The van der Waals surface area contributed by atoms with E-state index in [0.717, 1.165) is 42.3 Å². The fraction of sp³-hybridized carbons (Fsp3) is 0.412. The molecule has 4 aromatic rings. The van der Waals surface area contributed by atoms with Gasteiger partial charge in [-0.2, -0.15) is 0 Å². The molecule has 42 heavy (non-hydrogen) atoms. The molecule has 0 spiro atoms. The van der Waals surface area contributed by atoms with Crippen LogP contribution in [0.1, 0.15) is 61.8 Å². The average Bonchev–Trinajstić information content (AvgIpc) is 3.51. The molecule has 6 rings (SSSR count). The van der Waals surface area contributed by atoms with Crippen LogP contribution in [-0.4, -0.2) is 34.0 Å². The number of aryl methyl sites for hydroxylation is 1. The van der Waals surface area contributed by atoms with Crippen LogP contribution < -0.4 is 15.0 Å². The quantitative estimate of drug-likeness (QED) is 0.222. The molecule has 0 radical (unpaired) electrons. The zero-order valence-electron chi connectivity index (χ0n) is 24.4. The number of fused-ring (bicyclic) bond motifs is 1. The smallest absolute Gasteiger partial charge is 0.270 e. The number of carbonyl (C=O) groups is 1. The second kappa shape index (κ2) is 12.0. The summed E-state index contributed by atoms with van der Waals surface area (Å²) in [7, 11) is 0. The maximum atomic E-state index is 13.4. The van der Waals surface area contributed by atoms with E-state index in [-0.39, 0.29) is 17.8 Å². The van der Waals surface area contributed by atoms with Crippen LogP contribution in [0.3, 0.4) is 0 Å². The largest absolute Gasteiger partial charge is 0.490 e. The number of anilines is 1. The number of amides is 1. The van der Waals surface area contributed by atoms with Gasteiger partial charge in [0.1, 0.15) is 29.0 Å². The molecule has 220 valence electrons. The van der Waals surface area contributed by atoms with Crippen LogP contribution in [0.15, 0.2) is 66.9 Å². The molecule has 2 fully saturated rings. The van der Waals surface area contributed by atoms with Gasteiger partial charge in [0.2, 0.25) is 0 Å². The minimum Gasteiger partial charge on any atom is -0.490 e. The van der Waals surface area contributed by atoms with Gasteiger partial charge in [-0.1, -0.05) is 50.9 Å². The lowest BCUT2D eigenvalue weighted by Gasteiger charge is -2.42. The van der Waals surface area contributed by atoms with Crippen molar-refractivity contribution in [3.8, 4) is 5.75 Å². The molecule has 1 aliphatic heterocycles. The summed E-state index contributed by atoms with van der Waals surface area (Å²) in [6.45, 7) is 7.98. The van der Waals surface area contributed by atoms with Crippen molar-refractivity contribution >= 4 is 28.8 Å². The lowest BCUT2D eigenvalue weighted by Crippen LogP contribution is -2.47. The van der Waals surface area contributed by atoms with E-state index in [1.165, 1.54) is 24.2 Å². The number of ether oxygens (including phenoxy) is 1. The van der Waals surface area contributed by atoms with Crippen molar-refractivity contribution < 1.29 is 13.9 Å². The van der Waals surface area contributed by atoms with Crippen molar-refractivity contribution in [2.45, 2.75) is 65.1 Å². The second-order valence-corrected chi connectivity index (χ2v) is 12.1. The van der Waals surface area contributed by atoms with Gasteiger partial charge < -0.3 is 15.0 Å². The van der Waals surface area contributed by atoms with Crippen LogP contribution in [0.4, 0.5) is 10.1 Å². The van der Waals surface area contributed by atoms with Crippen LogP contribution in [0.2, 0.25) is 5.02 Å². The molecule has 1 saturated carbocycles. The maximum absolute atomic E-state index is 13.4. The van der Waals surface area contributed by atoms with Gasteiger partial charge >= 0.3 is 0 Å². The molecule has 1 N–H and O–H groups in total. The molecule has 5 atom stereocenters. The van der Waals surface area contributed by atoms with Crippen molar-refractivity contribution in [2.75, 3.05) is 11.4 Å². The van der Waals surface area contributed by atoms with Gasteiger partial charge in [0.05, 0.1) is 10.7 Å². The number of pyridine rings is 1. The fourth-order valence-corrected chi connectivity index (χ4v) is 7.11. The maximum Gasteiger partial charge on any atom is 0.270 e. The Morgan fingerprint density at radius 2 is 1.86 bits per heavy atom. The Morgan fingerprint density at radius 3 is 2.55 bits per heavy atom. The standard InChI is InChI=1S/C34H38ClFN4O2/c1-4-28-21(3)32(28)30-18-27(42-26-13-9-24(36)10-14-26)16-17-39(30)25-11-6-22(7-12-25)19-37-34(41)33-29(5-2)38-31-15-8-23(35)20-40(31)33/h6-15,20-21,27-28,30,32H,4-5,16-19H2,1-3H3,(H,37,41). The first-order valence-corrected chi connectivity index (χ1v) is 15.5. The van der Waals surface area contributed by atoms with E-state index in [0.29, 0.717) is 47.2 Å². The van der Waals surface area contributed by atoms with E-state index in [2.05, 4.69) is 53.3 Å². The average molecular weight is 589 g/mol. The van der Waals surface area contributed by atoms with E-state index in [1.807, 2.05) is 13.0 Å². The number of imidazole rings is 1. The molecule has 1 aliphatic carbocycles. The van der Waals surface area contributed by atoms with Crippen molar-refractivity contribution in [1.82, 2.24) is 14.7 Å². The van der Waals surface area contributed by atoms with E-state index < -0.39 is 0 Å². The topological polar surface area (TPSA) is 58.9 Å². The first-order chi connectivity index (χ1) is 20.4. The summed E-state index contributed by atoms with van der Waals surface area (Å²) < 4.78 is 21.5. The third kappa shape index (κ3) is 5.71. The van der Waals surface area contributed by atoms with Gasteiger partial charge in [-0.25, -0.2) is 9.37 Å². The molecule has 5 unspecified atom stereocenters. The molecular formula is C34H38ClFN4O2. The SMILES string of the molecule is CCc1nc2ccc(Cl)cn2c1C(=O)NCc1ccc(N2CCC(Oc3ccc(F)cc3)CC2C2C(C)C2CC)cc1. The van der Waals surface area contributed by atoms with E-state index in [4.69, 9.17) is 16.3 Å². The Bertz CT molecular complexity index is 1550. The van der Waals surface area contributed by atoms with Crippen LogP contribution in [0.5, 0.6) is 5.75 Å². The summed E-state index contributed by atoms with van der Waals surface area (Å²) >= 11 is 6.20. The summed E-state index contributed by atoms with van der Waals surface area (Å²) in [6.07, 6.45) is 5.55. The number of nitrogens with zero attached hydrogens (tertiary/aromatic N) is 3. The van der Waals surface area contributed by atoms with E-state index >= 15 is 0 Å². The van der Waals surface area contributed by atoms with Crippen molar-refractivity contribution in [3.05, 3.63) is 94.7 Å². The van der Waals surface area contributed by atoms with Crippen LogP contribution in [-0.2, 0) is 13.0 Å². The summed E-state index contributed by atoms with van der Waals surface area (Å²) in [5.74, 6) is 2.39. The predicted octanol–water partition coefficient (Wildman–Crippen LogP) is 7.33. The second-order valence-electron chi connectivity index (χ2n) is 11.7. The number of nitrogens with one attached hydrogen (secondary N) is 1. The number of benzene rings is 2. The minimum absolute atomic E-state index is 0.110. The van der Waals surface area contributed by atoms with E-state index in [1.54, 1.807) is 28.8 Å². The monoisotopic (exact) mass is 588 g/mol. The molecule has 2 aliphatic rings. The van der Waals surface area contributed by atoms with Crippen LogP contribution in [0.25, 0.3) is 5.65 Å². The lowest BCUT2D eigenvalue weighted by atomic mass is 9.92. The van der Waals surface area contributed by atoms with Crippen molar-refractivity contribution in [3.63, 3.8) is 0 Å². The first kappa shape index (κ1) is 28.5. The number of rotatable bonds is 9. The molecule has 8 heteroatoms. The summed E-state index contributed by atoms with van der Waals surface area (Å²) in [6, 6.07) is 18.9. The van der Waals surface area contributed by atoms with Crippen LogP contribution >= 0.6 is 11.6 Å². The van der Waals surface area contributed by atoms with Gasteiger partial charge in [-0.15, -0.1) is 0 Å². The summed E-state index contributed by atoms with van der Waals surface area (Å²) in [5, 5.41) is 3.64. The minimum atomic E-state index is -0.248. The van der Waals surface area contributed by atoms with Crippen molar-refractivity contribution in [1.29, 1.82) is 0 Å². The van der Waals surface area contributed by atoms with Crippen molar-refractivity contribution in [2.24, 2.45) is 17.8 Å². The van der Waals surface area contributed by atoms with Crippen LogP contribution in [0, 0.1) is 23.6 Å². The third-order valence-corrected chi connectivity index (χ3v) is 9.41. The highest BCUT2D eigenvalue weighted by Crippen LogP contribution is 2.54. The number of carbonyl (C=O) groups excluding carboxylic acids is 1. The molecule has 0 bridgehead atoms. The van der Waals surface area contributed by atoms with Gasteiger partial charge in [-0.3, -0.25) is 9.20 Å². The highest BCUT2D eigenvalue weighted by atomic mass is 35.5. The molecule has 1 amide bonds. The normalized spacial score (nSPS) is 23.6. The Hall–Kier alpha value is -3.58. The van der Waals surface area contributed by atoms with Gasteiger partial charge in [-0.05, 0) is 78.3 Å². The van der Waals surface area contributed by atoms with E-state index in [9.17, 15) is 9.18 Å². The first-order valence-electron chi connectivity index (χ1n) is 15.1. The third-order valence-electron chi connectivity index (χ3n) is 9.19. The Kier molecular flexibility index (Phi) is 8.13. The number of hydrogen-bond donors (Lipinski definition) is 1. The number of aromatic nitrogens is 2. The summed E-state index contributed by atoms with van der Waals surface area (Å²) in [5.41, 5.74) is 4.23. The molecule has 3 heterocycles. The molecule has 2 aromatic carbocycles. The molecule has 6 nitrogen and oxygen atoms in total. The molecule has 2 aromatic heterocycles. The summed E-state index contributed by atoms with van der Waals surface area (Å²) in [4.78, 5) is 20.4. The number of halogens is 2. The van der Waals surface area contributed by atoms with Gasteiger partial charge in [0.25, 0.3) is 5.91 Å². The highest BCUT2D eigenvalue weighted by Gasteiger charge is 2.52. The fourth-order valence-electron chi connectivity index (χ4n) is 6.95. The van der Waals surface area contributed by atoms with Gasteiger partial charge in [0.15, 0.2) is 0 Å². The van der Waals surface area contributed by atoms with Gasteiger partial charge in [0, 0.05) is 43.9 Å². The number of piperidine rings is 1. The Morgan fingerprint density at radius 1 is 1.10 bits per heavy atom. The highest BCUT2D eigenvalue weighted by molar-refractivity contribution is 6.30. The lowest BCUT2D eigenvalue weighted by molar-refractivity contribution is 0.0944. The zero-order valence-corrected chi connectivity index (χ0v) is 25.2. The zero-order chi connectivity index (χ0) is 29.4. The number of hydrogen-bond acceptors (Lipinski definition) is 4. The Labute approximate surface area is 251 Å². The molecular weight excluding hydrogens is 551 g/mol.